The molecule has 0 radical (unpaired) electrons. The van der Waals surface area contributed by atoms with Gasteiger partial charge in [-0.2, -0.15) is 5.26 Å². The summed E-state index contributed by atoms with van der Waals surface area (Å²) in [7, 11) is 2.14. The number of likely N-dealkylation sites (N-methyl/N-ethyl adjacent to an activating group) is 1. The van der Waals surface area contributed by atoms with Crippen LogP contribution >= 0.6 is 0 Å². The molecule has 2 saturated heterocycles. The molecule has 2 fully saturated rings. The lowest BCUT2D eigenvalue weighted by atomic mass is 9.94. The van der Waals surface area contributed by atoms with Gasteiger partial charge in [-0.15, -0.1) is 0 Å². The molecule has 3 aliphatic heterocycles. The van der Waals surface area contributed by atoms with E-state index in [9.17, 15) is 5.26 Å². The van der Waals surface area contributed by atoms with E-state index < -0.39 is 0 Å². The van der Waals surface area contributed by atoms with E-state index in [2.05, 4.69) is 35.2 Å². The first-order valence-electron chi connectivity index (χ1n) is 10.4. The van der Waals surface area contributed by atoms with Crippen LogP contribution in [0.5, 0.6) is 0 Å². The van der Waals surface area contributed by atoms with E-state index in [0.717, 1.165) is 75.8 Å². The van der Waals surface area contributed by atoms with Gasteiger partial charge < -0.3 is 19.9 Å². The molecule has 0 bridgehead atoms. The molecular weight excluding hydrogens is 338 g/mol. The molecule has 0 spiro atoms. The number of piperidine rings is 1. The Morgan fingerprint density at radius 3 is 2.89 bits per heavy atom. The second-order valence-corrected chi connectivity index (χ2v) is 8.43. The Morgan fingerprint density at radius 2 is 2.15 bits per heavy atom. The number of nitrogens with one attached hydrogen (secondary N) is 1. The number of pyridine rings is 1. The van der Waals surface area contributed by atoms with Crippen LogP contribution in [0, 0.1) is 17.2 Å². The quantitative estimate of drug-likeness (QED) is 0.880. The largest absolute Gasteiger partial charge is 0.376 e. The molecule has 1 aromatic rings. The van der Waals surface area contributed by atoms with Crippen LogP contribution in [0.25, 0.3) is 0 Å². The molecular formula is C21H31N5O. The van der Waals surface area contributed by atoms with Gasteiger partial charge in [0.05, 0.1) is 11.7 Å². The lowest BCUT2D eigenvalue weighted by Crippen LogP contribution is -2.37. The third kappa shape index (κ3) is 3.90. The highest BCUT2D eigenvalue weighted by molar-refractivity contribution is 5.67. The SMILES string of the molecule is CC1CCCN(c2nc(NCC3CCCO3)c3c(c2C#N)CCN(C)C3)C1. The maximum absolute atomic E-state index is 9.96. The number of nitrogens with zero attached hydrogens (tertiary/aromatic N) is 4. The van der Waals surface area contributed by atoms with Gasteiger partial charge in [-0.25, -0.2) is 4.98 Å². The smallest absolute Gasteiger partial charge is 0.149 e. The van der Waals surface area contributed by atoms with Gasteiger partial charge in [-0.05, 0) is 50.6 Å². The Labute approximate surface area is 162 Å². The molecule has 2 atom stereocenters. The second-order valence-electron chi connectivity index (χ2n) is 8.43. The van der Waals surface area contributed by atoms with E-state index in [1.165, 1.54) is 24.0 Å². The first-order chi connectivity index (χ1) is 13.2. The van der Waals surface area contributed by atoms with Crippen molar-refractivity contribution < 1.29 is 4.74 Å². The van der Waals surface area contributed by atoms with E-state index >= 15 is 0 Å². The number of anilines is 2. The molecule has 0 saturated carbocycles. The molecule has 0 aliphatic carbocycles. The molecule has 6 heteroatoms. The number of fused-ring (bicyclic) bond motifs is 1. The Bertz CT molecular complexity index is 722. The van der Waals surface area contributed by atoms with Gasteiger partial charge in [0.2, 0.25) is 0 Å². The number of hydrogen-bond donors (Lipinski definition) is 1. The van der Waals surface area contributed by atoms with Crippen LogP contribution in [-0.4, -0.2) is 55.8 Å². The lowest BCUT2D eigenvalue weighted by Gasteiger charge is -2.35. The van der Waals surface area contributed by atoms with Crippen molar-refractivity contribution in [3.05, 3.63) is 16.7 Å². The number of nitriles is 1. The first-order valence-corrected chi connectivity index (χ1v) is 10.4. The summed E-state index contributed by atoms with van der Waals surface area (Å²) < 4.78 is 5.78. The summed E-state index contributed by atoms with van der Waals surface area (Å²) in [6.07, 6.45) is 5.89. The topological polar surface area (TPSA) is 64.4 Å². The normalized spacial score (nSPS) is 25.9. The molecule has 1 N–H and O–H groups in total. The first kappa shape index (κ1) is 18.5. The summed E-state index contributed by atoms with van der Waals surface area (Å²) >= 11 is 0. The van der Waals surface area contributed by atoms with E-state index in [0.29, 0.717) is 5.92 Å². The maximum Gasteiger partial charge on any atom is 0.149 e. The number of ether oxygens (including phenoxy) is 1. The zero-order valence-electron chi connectivity index (χ0n) is 16.6. The summed E-state index contributed by atoms with van der Waals surface area (Å²) in [6, 6.07) is 2.50. The van der Waals surface area contributed by atoms with Gasteiger partial charge >= 0.3 is 0 Å². The zero-order valence-corrected chi connectivity index (χ0v) is 16.6. The van der Waals surface area contributed by atoms with E-state index in [-0.39, 0.29) is 6.10 Å². The highest BCUT2D eigenvalue weighted by Crippen LogP contribution is 2.34. The average Bonchev–Trinajstić information content (AvgIpc) is 3.19. The van der Waals surface area contributed by atoms with Crippen molar-refractivity contribution in [2.45, 2.75) is 51.7 Å². The van der Waals surface area contributed by atoms with Crippen LogP contribution in [0.2, 0.25) is 0 Å². The molecule has 4 rings (SSSR count). The fraction of sp³-hybridized carbons (Fsp3) is 0.714. The molecule has 2 unspecified atom stereocenters. The summed E-state index contributed by atoms with van der Waals surface area (Å²) in [4.78, 5) is 9.67. The fourth-order valence-corrected chi connectivity index (χ4v) is 4.65. The van der Waals surface area contributed by atoms with E-state index in [1.54, 1.807) is 0 Å². The highest BCUT2D eigenvalue weighted by Gasteiger charge is 2.28. The summed E-state index contributed by atoms with van der Waals surface area (Å²) in [6.45, 7) is 7.79. The van der Waals surface area contributed by atoms with Gasteiger partial charge in [0.15, 0.2) is 0 Å². The molecule has 27 heavy (non-hydrogen) atoms. The van der Waals surface area contributed by atoms with E-state index in [4.69, 9.17) is 9.72 Å². The summed E-state index contributed by atoms with van der Waals surface area (Å²) in [5.41, 5.74) is 3.20. The van der Waals surface area contributed by atoms with Gasteiger partial charge in [0.25, 0.3) is 0 Å². The van der Waals surface area contributed by atoms with Crippen molar-refractivity contribution >= 4 is 11.6 Å². The van der Waals surface area contributed by atoms with Crippen LogP contribution in [0.4, 0.5) is 11.6 Å². The van der Waals surface area contributed by atoms with Crippen molar-refractivity contribution in [3.63, 3.8) is 0 Å². The molecule has 1 aromatic heterocycles. The third-order valence-corrected chi connectivity index (χ3v) is 6.15. The molecule has 0 aromatic carbocycles. The Balaban J connectivity index is 1.69. The van der Waals surface area contributed by atoms with Gasteiger partial charge in [0, 0.05) is 44.9 Å². The monoisotopic (exact) mass is 369 g/mol. The van der Waals surface area contributed by atoms with Crippen molar-refractivity contribution in [1.29, 1.82) is 5.26 Å². The lowest BCUT2D eigenvalue weighted by molar-refractivity contribution is 0.120. The van der Waals surface area contributed by atoms with Crippen molar-refractivity contribution in [2.75, 3.05) is 50.1 Å². The predicted octanol–water partition coefficient (Wildman–Crippen LogP) is 2.77. The van der Waals surface area contributed by atoms with Gasteiger partial charge in [0.1, 0.15) is 17.7 Å². The predicted molar refractivity (Wildman–Crippen MR) is 107 cm³/mol. The number of rotatable bonds is 4. The number of hydrogen-bond acceptors (Lipinski definition) is 6. The standard InChI is InChI=1S/C21H31N5O/c1-15-5-3-8-26(13-15)21-18(11-22)17-7-9-25(2)14-19(17)20(24-21)23-12-16-6-4-10-27-16/h15-16H,3-10,12-14H2,1-2H3,(H,23,24). The average molecular weight is 370 g/mol. The Morgan fingerprint density at radius 1 is 1.26 bits per heavy atom. The van der Waals surface area contributed by atoms with Gasteiger partial charge in [-0.3, -0.25) is 0 Å². The van der Waals surface area contributed by atoms with Gasteiger partial charge in [-0.1, -0.05) is 6.92 Å². The molecule has 146 valence electrons. The highest BCUT2D eigenvalue weighted by atomic mass is 16.5. The summed E-state index contributed by atoms with van der Waals surface area (Å²) in [5.74, 6) is 2.50. The molecule has 6 nitrogen and oxygen atoms in total. The molecule has 4 heterocycles. The van der Waals surface area contributed by atoms with Crippen LogP contribution in [0.3, 0.4) is 0 Å². The summed E-state index contributed by atoms with van der Waals surface area (Å²) in [5, 5.41) is 13.5. The van der Waals surface area contributed by atoms with Crippen LogP contribution in [0.15, 0.2) is 0 Å². The number of aromatic nitrogens is 1. The second kappa shape index (κ2) is 8.04. The zero-order chi connectivity index (χ0) is 18.8. The minimum Gasteiger partial charge on any atom is -0.376 e. The Kier molecular flexibility index (Phi) is 5.51. The maximum atomic E-state index is 9.96. The van der Waals surface area contributed by atoms with Crippen LogP contribution in [0.1, 0.15) is 49.3 Å². The molecule has 0 amide bonds. The molecule has 3 aliphatic rings. The van der Waals surface area contributed by atoms with E-state index in [1.807, 2.05) is 0 Å². The Hall–Kier alpha value is -1.84. The van der Waals surface area contributed by atoms with Crippen LogP contribution in [-0.2, 0) is 17.7 Å². The van der Waals surface area contributed by atoms with Crippen LogP contribution < -0.4 is 10.2 Å². The fourth-order valence-electron chi connectivity index (χ4n) is 4.65. The van der Waals surface area contributed by atoms with Crippen molar-refractivity contribution in [1.82, 2.24) is 9.88 Å². The van der Waals surface area contributed by atoms with Crippen molar-refractivity contribution in [2.24, 2.45) is 5.92 Å². The van der Waals surface area contributed by atoms with Crippen molar-refractivity contribution in [3.8, 4) is 6.07 Å². The minimum absolute atomic E-state index is 0.276. The minimum atomic E-state index is 0.276. The third-order valence-electron chi connectivity index (χ3n) is 6.15.